The molecule has 3 heterocycles. The van der Waals surface area contributed by atoms with Crippen LogP contribution in [0.25, 0.3) is 0 Å². The number of piperidine rings is 1. The van der Waals surface area contributed by atoms with Crippen LogP contribution in [-0.2, 0) is 23.7 Å². The predicted octanol–water partition coefficient (Wildman–Crippen LogP) is 4.93. The van der Waals surface area contributed by atoms with Gasteiger partial charge in [-0.15, -0.1) is 15.3 Å². The Hall–Kier alpha value is -3.21. The lowest BCUT2D eigenvalue weighted by Crippen LogP contribution is -2.66. The zero-order valence-corrected chi connectivity index (χ0v) is 26.8. The molecule has 1 aliphatic carbocycles. The van der Waals surface area contributed by atoms with Crippen molar-refractivity contribution in [2.75, 3.05) is 13.1 Å². The minimum atomic E-state index is -2.67. The summed E-state index contributed by atoms with van der Waals surface area (Å²) >= 11 is 0. The van der Waals surface area contributed by atoms with Crippen molar-refractivity contribution in [3.63, 3.8) is 0 Å². The molecule has 1 saturated heterocycles. The average Bonchev–Trinajstić information content (AvgIpc) is 3.66. The molecule has 0 bridgehead atoms. The Morgan fingerprint density at radius 2 is 1.51 bits per heavy atom. The fourth-order valence-corrected chi connectivity index (χ4v) is 11.6. The normalized spacial score (nSPS) is 21.1. The monoisotopic (exact) mass is 601 g/mol. The lowest BCUT2D eigenvalue weighted by Gasteiger charge is -2.42. The smallest absolute Gasteiger partial charge is 0.261 e. The molecule has 0 atom stereocenters. The first-order valence-electron chi connectivity index (χ1n) is 15.7. The lowest BCUT2D eigenvalue weighted by molar-refractivity contribution is 0.110. The summed E-state index contributed by atoms with van der Waals surface area (Å²) in [7, 11) is -0.611. The van der Waals surface area contributed by atoms with Crippen LogP contribution in [0.1, 0.15) is 88.6 Å². The van der Waals surface area contributed by atoms with Gasteiger partial charge in [-0.1, -0.05) is 86.6 Å². The highest BCUT2D eigenvalue weighted by atomic mass is 28.4. The second-order valence-corrected chi connectivity index (χ2v) is 17.6. The van der Waals surface area contributed by atoms with E-state index in [0.717, 1.165) is 37.3 Å². The van der Waals surface area contributed by atoms with Crippen LogP contribution < -0.4 is 15.7 Å². The number of nitrogens with zero attached hydrogens (tertiary/aromatic N) is 6. The van der Waals surface area contributed by atoms with Crippen LogP contribution in [0.4, 0.5) is 4.39 Å². The maximum absolute atomic E-state index is 15.4. The summed E-state index contributed by atoms with van der Waals surface area (Å²) in [6, 6.07) is 21.6. The third-order valence-corrected chi connectivity index (χ3v) is 14.6. The Bertz CT molecular complexity index is 1450. The molecule has 8 nitrogen and oxygen atoms in total. The number of nitrogens with one attached hydrogen (secondary N) is 1. The van der Waals surface area contributed by atoms with Crippen molar-refractivity contribution in [1.29, 1.82) is 0 Å². The molecule has 2 fully saturated rings. The molecular weight excluding hydrogens is 557 g/mol. The van der Waals surface area contributed by atoms with Crippen molar-refractivity contribution in [1.82, 2.24) is 35.1 Å². The number of hydrogen-bond acceptors (Lipinski definition) is 6. The molecule has 0 spiro atoms. The number of hydrogen-bond donors (Lipinski definition) is 1. The standard InChI is InChI=1S/C33H44FN7OSi/c1-32(2,3)43(27-11-7-5-8-12-27,28-13-9-6-10-14-28)42-24-30-37-38-31(40(30)4)25-15-17-26(18-16-25)41-23-29(36-39-41)33(34)19-21-35-22-20-33/h5-14,23,25-26,35H,15-22,24H2,1-4H3. The summed E-state index contributed by atoms with van der Waals surface area (Å²) in [6.07, 6.45) is 6.61. The van der Waals surface area contributed by atoms with Crippen molar-refractivity contribution >= 4 is 18.7 Å². The molecule has 43 heavy (non-hydrogen) atoms. The first-order chi connectivity index (χ1) is 20.7. The summed E-state index contributed by atoms with van der Waals surface area (Å²) in [4.78, 5) is 0. The van der Waals surface area contributed by atoms with E-state index in [-0.39, 0.29) is 11.1 Å². The Labute approximate surface area is 255 Å². The Morgan fingerprint density at radius 1 is 0.907 bits per heavy atom. The van der Waals surface area contributed by atoms with E-state index in [2.05, 4.69) is 119 Å². The van der Waals surface area contributed by atoms with E-state index in [0.29, 0.717) is 44.1 Å². The van der Waals surface area contributed by atoms with Gasteiger partial charge in [-0.3, -0.25) is 0 Å². The van der Waals surface area contributed by atoms with Crippen molar-refractivity contribution in [2.24, 2.45) is 7.05 Å². The van der Waals surface area contributed by atoms with Crippen LogP contribution in [0.15, 0.2) is 66.9 Å². The number of aromatic nitrogens is 6. The van der Waals surface area contributed by atoms with Crippen molar-refractivity contribution < 1.29 is 8.82 Å². The molecule has 228 valence electrons. The number of rotatable bonds is 8. The van der Waals surface area contributed by atoms with Crippen molar-refractivity contribution in [3.05, 3.63) is 84.2 Å². The summed E-state index contributed by atoms with van der Waals surface area (Å²) in [5.74, 6) is 2.17. The summed E-state index contributed by atoms with van der Waals surface area (Å²) in [6.45, 7) is 8.62. The van der Waals surface area contributed by atoms with Gasteiger partial charge in [0.15, 0.2) is 11.5 Å². The van der Waals surface area contributed by atoms with Crippen LogP contribution in [0.3, 0.4) is 0 Å². The SMILES string of the molecule is Cn1c(CO[Si](c2ccccc2)(c2ccccc2)C(C)(C)C)nnc1C1CCC(n2cc(C3(F)CCNCC3)nn2)CC1. The number of alkyl halides is 1. The number of benzene rings is 2. The van der Waals surface area contributed by atoms with E-state index in [4.69, 9.17) is 4.43 Å². The van der Waals surface area contributed by atoms with Crippen LogP contribution in [-0.4, -0.2) is 51.2 Å². The third kappa shape index (κ3) is 5.72. The van der Waals surface area contributed by atoms with Gasteiger partial charge < -0.3 is 14.3 Å². The lowest BCUT2D eigenvalue weighted by atomic mass is 9.85. The zero-order valence-electron chi connectivity index (χ0n) is 25.8. The van der Waals surface area contributed by atoms with E-state index in [1.165, 1.54) is 10.4 Å². The van der Waals surface area contributed by atoms with Crippen molar-refractivity contribution in [2.45, 2.75) is 88.6 Å². The Balaban J connectivity index is 1.16. The summed E-state index contributed by atoms with van der Waals surface area (Å²) < 4.78 is 26.6. The minimum Gasteiger partial charge on any atom is -0.400 e. The summed E-state index contributed by atoms with van der Waals surface area (Å²) in [5, 5.41) is 23.6. The molecule has 2 aromatic heterocycles. The van der Waals surface area contributed by atoms with Gasteiger partial charge in [0.25, 0.3) is 8.32 Å². The largest absolute Gasteiger partial charge is 0.400 e. The minimum absolute atomic E-state index is 0.105. The van der Waals surface area contributed by atoms with Crippen LogP contribution >= 0.6 is 0 Å². The van der Waals surface area contributed by atoms with Gasteiger partial charge >= 0.3 is 0 Å². The fourth-order valence-electron chi connectivity index (χ4n) is 7.13. The van der Waals surface area contributed by atoms with Gasteiger partial charge in [0, 0.05) is 13.0 Å². The molecule has 0 unspecified atom stereocenters. The topological polar surface area (TPSA) is 82.7 Å². The molecule has 0 radical (unpaired) electrons. The van der Waals surface area contributed by atoms with Gasteiger partial charge in [-0.05, 0) is 67.0 Å². The van der Waals surface area contributed by atoms with Crippen LogP contribution in [0, 0.1) is 0 Å². The Kier molecular flexibility index (Phi) is 8.36. The predicted molar refractivity (Wildman–Crippen MR) is 169 cm³/mol. The third-order valence-electron chi connectivity index (χ3n) is 9.63. The zero-order chi connectivity index (χ0) is 30.1. The van der Waals surface area contributed by atoms with E-state index in [1.807, 2.05) is 10.9 Å². The first kappa shape index (κ1) is 29.8. The van der Waals surface area contributed by atoms with Gasteiger partial charge in [-0.25, -0.2) is 9.07 Å². The molecule has 10 heteroatoms. The summed E-state index contributed by atoms with van der Waals surface area (Å²) in [5.41, 5.74) is -0.887. The van der Waals surface area contributed by atoms with Gasteiger partial charge in [0.2, 0.25) is 0 Å². The molecule has 2 aliphatic rings. The molecule has 1 aliphatic heterocycles. The molecule has 4 aromatic rings. The number of halogens is 1. The molecule has 1 saturated carbocycles. The Morgan fingerprint density at radius 3 is 2.09 bits per heavy atom. The van der Waals surface area contributed by atoms with Gasteiger partial charge in [-0.2, -0.15) is 0 Å². The van der Waals surface area contributed by atoms with E-state index in [9.17, 15) is 0 Å². The second-order valence-electron chi connectivity index (χ2n) is 13.3. The van der Waals surface area contributed by atoms with Crippen LogP contribution in [0.5, 0.6) is 0 Å². The molecule has 1 N–H and O–H groups in total. The van der Waals surface area contributed by atoms with E-state index >= 15 is 4.39 Å². The second kappa shape index (κ2) is 12.1. The molecule has 6 rings (SSSR count). The first-order valence-corrected chi connectivity index (χ1v) is 17.6. The maximum atomic E-state index is 15.4. The van der Waals surface area contributed by atoms with Gasteiger partial charge in [0.1, 0.15) is 11.5 Å². The van der Waals surface area contributed by atoms with Crippen molar-refractivity contribution in [3.8, 4) is 0 Å². The highest BCUT2D eigenvalue weighted by Gasteiger charge is 2.50. The quantitative estimate of drug-likeness (QED) is 0.289. The highest BCUT2D eigenvalue weighted by Crippen LogP contribution is 2.40. The fraction of sp³-hybridized carbons (Fsp3) is 0.515. The highest BCUT2D eigenvalue weighted by molar-refractivity contribution is 6.99. The van der Waals surface area contributed by atoms with E-state index < -0.39 is 14.0 Å². The molecule has 2 aromatic carbocycles. The van der Waals surface area contributed by atoms with Gasteiger partial charge in [0.05, 0.1) is 18.8 Å². The average molecular weight is 602 g/mol. The maximum Gasteiger partial charge on any atom is 0.261 e. The molecule has 0 amide bonds. The molecular formula is C33H44FN7OSi. The van der Waals surface area contributed by atoms with Crippen LogP contribution in [0.2, 0.25) is 5.04 Å². The van der Waals surface area contributed by atoms with E-state index in [1.54, 1.807) is 0 Å².